The summed E-state index contributed by atoms with van der Waals surface area (Å²) >= 11 is 0. The van der Waals surface area contributed by atoms with E-state index in [1.165, 1.54) is 5.56 Å². The summed E-state index contributed by atoms with van der Waals surface area (Å²) < 4.78 is 7.05. The Bertz CT molecular complexity index is 3470. The number of hydrogen-bond acceptors (Lipinski definition) is 5. The monoisotopic (exact) mass is 911 g/mol. The molecule has 70 heavy (non-hydrogen) atoms. The molecule has 10 aromatic rings. The molecule has 6 nitrogen and oxygen atoms in total. The summed E-state index contributed by atoms with van der Waals surface area (Å²) in [6, 6.07) is 67.3. The van der Waals surface area contributed by atoms with Crippen LogP contribution in [0.3, 0.4) is 0 Å². The van der Waals surface area contributed by atoms with Gasteiger partial charge in [0.15, 0.2) is 23.3 Å². The van der Waals surface area contributed by atoms with Crippen LogP contribution >= 0.6 is 0 Å². The molecule has 1 unspecified atom stereocenters. The molecule has 0 aliphatic heterocycles. The molecule has 0 N–H and O–H groups in total. The van der Waals surface area contributed by atoms with E-state index in [1.54, 1.807) is 0 Å². The zero-order valence-electron chi connectivity index (χ0n) is 41.2. The van der Waals surface area contributed by atoms with Crippen molar-refractivity contribution in [3.05, 3.63) is 222 Å². The van der Waals surface area contributed by atoms with Gasteiger partial charge in [-0.3, -0.25) is 4.99 Å². The van der Waals surface area contributed by atoms with Gasteiger partial charge in [0, 0.05) is 49.9 Å². The number of aromatic nitrogens is 3. The van der Waals surface area contributed by atoms with E-state index in [1.807, 2.05) is 104 Å². The SMILES string of the molecule is CC(=NC(=NC(C)c1ccc(-c2cc(C(C)(C)C)c3oc4c(C(C)(C)C)cc(-c5ccc(-c6nc(-c7ccccc7)nc(-c7ccccc7)n6)cc5)cc4c3c2)cc1)c1ccccc1)c1ccccc1. The first-order chi connectivity index (χ1) is 33.8. The summed E-state index contributed by atoms with van der Waals surface area (Å²) in [4.78, 5) is 25.2. The van der Waals surface area contributed by atoms with Gasteiger partial charge in [0.1, 0.15) is 11.2 Å². The molecule has 0 radical (unpaired) electrons. The molecule has 0 aliphatic carbocycles. The van der Waals surface area contributed by atoms with Crippen LogP contribution < -0.4 is 0 Å². The molecule has 6 heteroatoms. The van der Waals surface area contributed by atoms with Crippen LogP contribution in [-0.2, 0) is 10.8 Å². The lowest BCUT2D eigenvalue weighted by Crippen LogP contribution is -2.11. The highest BCUT2D eigenvalue weighted by atomic mass is 16.3. The van der Waals surface area contributed by atoms with Crippen LogP contribution in [0.1, 0.15) is 89.2 Å². The van der Waals surface area contributed by atoms with Gasteiger partial charge in [-0.2, -0.15) is 0 Å². The molecular weight excluding hydrogens is 855 g/mol. The minimum atomic E-state index is -0.194. The van der Waals surface area contributed by atoms with E-state index in [9.17, 15) is 0 Å². The minimum Gasteiger partial charge on any atom is -0.455 e. The summed E-state index contributed by atoms with van der Waals surface area (Å²) in [7, 11) is 0. The third-order valence-corrected chi connectivity index (χ3v) is 13.0. The molecule has 2 heterocycles. The number of amidine groups is 1. The van der Waals surface area contributed by atoms with Crippen LogP contribution in [-0.4, -0.2) is 26.5 Å². The maximum atomic E-state index is 7.05. The van der Waals surface area contributed by atoms with Crippen molar-refractivity contribution in [2.24, 2.45) is 9.98 Å². The molecule has 8 aromatic carbocycles. The number of nitrogens with zero attached hydrogens (tertiary/aromatic N) is 5. The molecule has 2 aromatic heterocycles. The van der Waals surface area contributed by atoms with E-state index < -0.39 is 0 Å². The number of furan rings is 1. The number of fused-ring (bicyclic) bond motifs is 3. The van der Waals surface area contributed by atoms with Crippen molar-refractivity contribution >= 4 is 33.5 Å². The van der Waals surface area contributed by atoms with Crippen molar-refractivity contribution in [3.8, 4) is 56.4 Å². The Morgan fingerprint density at radius 3 is 1.23 bits per heavy atom. The second-order valence-corrected chi connectivity index (χ2v) is 20.2. The first-order valence-electron chi connectivity index (χ1n) is 24.1. The Kier molecular flexibility index (Phi) is 12.3. The zero-order chi connectivity index (χ0) is 48.6. The van der Waals surface area contributed by atoms with Gasteiger partial charge >= 0.3 is 0 Å². The maximum Gasteiger partial charge on any atom is 0.164 e. The van der Waals surface area contributed by atoms with Gasteiger partial charge in [0.25, 0.3) is 0 Å². The highest BCUT2D eigenvalue weighted by Gasteiger charge is 2.27. The topological polar surface area (TPSA) is 76.5 Å². The highest BCUT2D eigenvalue weighted by Crippen LogP contribution is 2.45. The van der Waals surface area contributed by atoms with Crippen molar-refractivity contribution in [2.45, 2.75) is 72.3 Å². The number of benzene rings is 8. The van der Waals surface area contributed by atoms with E-state index in [2.05, 4.69) is 146 Å². The lowest BCUT2D eigenvalue weighted by Gasteiger charge is -2.21. The quantitative estimate of drug-likeness (QED) is 0.107. The van der Waals surface area contributed by atoms with Crippen molar-refractivity contribution in [1.29, 1.82) is 0 Å². The molecule has 0 aliphatic rings. The Labute approximate surface area is 411 Å². The van der Waals surface area contributed by atoms with E-state index in [0.29, 0.717) is 23.3 Å². The Morgan fingerprint density at radius 2 is 0.800 bits per heavy atom. The van der Waals surface area contributed by atoms with Crippen LogP contribution in [0.5, 0.6) is 0 Å². The summed E-state index contributed by atoms with van der Waals surface area (Å²) in [5.74, 6) is 2.63. The van der Waals surface area contributed by atoms with Crippen molar-refractivity contribution in [1.82, 2.24) is 15.0 Å². The van der Waals surface area contributed by atoms with Crippen LogP contribution in [0.4, 0.5) is 0 Å². The lowest BCUT2D eigenvalue weighted by atomic mass is 9.82. The smallest absolute Gasteiger partial charge is 0.164 e. The first-order valence-corrected chi connectivity index (χ1v) is 24.1. The molecular formula is C64H57N5O. The molecule has 0 spiro atoms. The van der Waals surface area contributed by atoms with Gasteiger partial charge in [0.05, 0.1) is 6.04 Å². The number of aliphatic imine (C=N–C) groups is 2. The van der Waals surface area contributed by atoms with Crippen LogP contribution in [0, 0.1) is 0 Å². The van der Waals surface area contributed by atoms with E-state index >= 15 is 0 Å². The number of hydrogen-bond donors (Lipinski definition) is 0. The Morgan fingerprint density at radius 1 is 0.429 bits per heavy atom. The predicted molar refractivity (Wildman–Crippen MR) is 292 cm³/mol. The van der Waals surface area contributed by atoms with Crippen LogP contribution in [0.2, 0.25) is 0 Å². The summed E-state index contributed by atoms with van der Waals surface area (Å²) in [5.41, 5.74) is 15.2. The summed E-state index contributed by atoms with van der Waals surface area (Å²) in [6.45, 7) is 17.8. The third kappa shape index (κ3) is 9.50. The fourth-order valence-corrected chi connectivity index (χ4v) is 9.05. The average Bonchev–Trinajstić information content (AvgIpc) is 3.76. The van der Waals surface area contributed by atoms with Crippen molar-refractivity contribution < 1.29 is 4.42 Å². The van der Waals surface area contributed by atoms with Gasteiger partial charge in [-0.15, -0.1) is 0 Å². The van der Waals surface area contributed by atoms with Gasteiger partial charge in [-0.1, -0.05) is 211 Å². The summed E-state index contributed by atoms with van der Waals surface area (Å²) in [5, 5.41) is 2.21. The molecule has 0 fully saturated rings. The van der Waals surface area contributed by atoms with Crippen LogP contribution in [0.25, 0.3) is 78.4 Å². The fraction of sp³-hybridized carbons (Fsp3) is 0.172. The first kappa shape index (κ1) is 45.7. The van der Waals surface area contributed by atoms with Crippen molar-refractivity contribution in [2.75, 3.05) is 0 Å². The molecule has 1 atom stereocenters. The molecule has 10 rings (SSSR count). The molecule has 0 bridgehead atoms. The largest absolute Gasteiger partial charge is 0.455 e. The van der Waals surface area contributed by atoms with Gasteiger partial charge in [-0.25, -0.2) is 19.9 Å². The van der Waals surface area contributed by atoms with E-state index in [-0.39, 0.29) is 16.9 Å². The summed E-state index contributed by atoms with van der Waals surface area (Å²) in [6.07, 6.45) is 0. The molecule has 0 saturated heterocycles. The Hall–Kier alpha value is -8.09. The normalized spacial score (nSPS) is 13.0. The van der Waals surface area contributed by atoms with E-state index in [4.69, 9.17) is 29.4 Å². The molecule has 0 amide bonds. The molecule has 344 valence electrons. The number of rotatable bonds is 9. The maximum absolute atomic E-state index is 7.05. The predicted octanol–water partition coefficient (Wildman–Crippen LogP) is 16.7. The minimum absolute atomic E-state index is 0.124. The van der Waals surface area contributed by atoms with Gasteiger partial charge in [-0.05, 0) is 82.3 Å². The Balaban J connectivity index is 1.03. The molecule has 0 saturated carbocycles. The standard InChI is InChI=1S/C64H57N5O/c1-41(43-21-13-9-14-22-43)65-59(47-23-15-10-16-24-47)66-42(2)44-29-31-45(32-30-44)51-37-53-54-38-52(40-56(64(6,7)8)58(54)70-57(53)55(39-51)63(3,4)5)46-33-35-50(36-34-46)62-68-60(48-25-17-11-18-26-48)67-61(69-62)49-27-19-12-20-28-49/h9-40,42H,1-8H3. The highest BCUT2D eigenvalue weighted by molar-refractivity contribution is 6.12. The second-order valence-electron chi connectivity index (χ2n) is 20.2. The van der Waals surface area contributed by atoms with Gasteiger partial charge < -0.3 is 4.42 Å². The lowest BCUT2D eigenvalue weighted by molar-refractivity contribution is 0.557. The zero-order valence-corrected chi connectivity index (χ0v) is 41.2. The third-order valence-electron chi connectivity index (χ3n) is 13.0. The van der Waals surface area contributed by atoms with Crippen LogP contribution in [0.15, 0.2) is 209 Å². The fourth-order valence-electron chi connectivity index (χ4n) is 9.05. The van der Waals surface area contributed by atoms with Crippen molar-refractivity contribution in [3.63, 3.8) is 0 Å². The second kappa shape index (κ2) is 18.8. The average molecular weight is 912 g/mol. The van der Waals surface area contributed by atoms with E-state index in [0.717, 1.165) is 88.8 Å². The van der Waals surface area contributed by atoms with Gasteiger partial charge in [0.2, 0.25) is 0 Å².